The van der Waals surface area contributed by atoms with Gasteiger partial charge in [-0.25, -0.2) is 13.4 Å². The third-order valence-electron chi connectivity index (χ3n) is 3.19. The molecule has 0 atom stereocenters. The number of nitrogen functional groups attached to an aromatic ring is 1. The molecule has 1 aromatic rings. The largest absolute Gasteiger partial charge is 0.395 e. The van der Waals surface area contributed by atoms with Gasteiger partial charge in [0, 0.05) is 18.8 Å². The minimum absolute atomic E-state index is 0.000219. The third kappa shape index (κ3) is 2.33. The van der Waals surface area contributed by atoms with Crippen molar-refractivity contribution in [2.75, 3.05) is 18.9 Å². The average Bonchev–Trinajstić information content (AvgIpc) is 2.26. The van der Waals surface area contributed by atoms with Gasteiger partial charge < -0.3 is 10.8 Å². The van der Waals surface area contributed by atoms with Crippen LogP contribution in [-0.4, -0.2) is 42.0 Å². The minimum Gasteiger partial charge on any atom is -0.395 e. The highest BCUT2D eigenvalue weighted by molar-refractivity contribution is 7.89. The van der Waals surface area contributed by atoms with Crippen LogP contribution in [0.3, 0.4) is 0 Å². The summed E-state index contributed by atoms with van der Waals surface area (Å²) in [6.07, 6.45) is 4.14. The molecule has 0 bridgehead atoms. The number of aromatic nitrogens is 1. The molecular weight excluding hydrogens is 254 g/mol. The van der Waals surface area contributed by atoms with Crippen LogP contribution in [0.5, 0.6) is 0 Å². The molecule has 1 heterocycles. The highest BCUT2D eigenvalue weighted by atomic mass is 32.2. The number of anilines is 1. The first kappa shape index (κ1) is 13.3. The summed E-state index contributed by atoms with van der Waals surface area (Å²) in [7, 11) is -3.67. The molecule has 1 aliphatic rings. The number of aliphatic hydroxyl groups excluding tert-OH is 1. The van der Waals surface area contributed by atoms with Gasteiger partial charge in [-0.05, 0) is 25.0 Å². The van der Waals surface area contributed by atoms with E-state index in [0.29, 0.717) is 0 Å². The molecule has 1 saturated carbocycles. The van der Waals surface area contributed by atoms with Crippen molar-refractivity contribution >= 4 is 15.8 Å². The summed E-state index contributed by atoms with van der Waals surface area (Å²) in [6.45, 7) is -0.1000. The second-order valence-corrected chi connectivity index (χ2v) is 6.17. The maximum absolute atomic E-state index is 12.5. The van der Waals surface area contributed by atoms with E-state index in [1.165, 1.54) is 16.6 Å². The van der Waals surface area contributed by atoms with E-state index in [2.05, 4.69) is 4.98 Å². The first-order valence-corrected chi connectivity index (χ1v) is 7.34. The Bertz CT molecular complexity index is 514. The van der Waals surface area contributed by atoms with Gasteiger partial charge in [0.1, 0.15) is 10.7 Å². The highest BCUT2D eigenvalue weighted by Gasteiger charge is 2.35. The zero-order valence-corrected chi connectivity index (χ0v) is 10.8. The maximum atomic E-state index is 12.5. The first-order chi connectivity index (χ1) is 8.57. The van der Waals surface area contributed by atoms with E-state index < -0.39 is 10.0 Å². The van der Waals surface area contributed by atoms with Crippen molar-refractivity contribution in [3.63, 3.8) is 0 Å². The Hall–Kier alpha value is -1.18. The molecule has 1 aromatic heterocycles. The molecule has 0 unspecified atom stereocenters. The number of hydrogen-bond donors (Lipinski definition) is 2. The average molecular weight is 271 g/mol. The fourth-order valence-corrected chi connectivity index (χ4v) is 3.76. The van der Waals surface area contributed by atoms with Gasteiger partial charge in [-0.2, -0.15) is 4.31 Å². The Labute approximate surface area is 106 Å². The minimum atomic E-state index is -3.67. The molecule has 0 aromatic carbocycles. The van der Waals surface area contributed by atoms with Gasteiger partial charge in [0.25, 0.3) is 0 Å². The molecule has 0 spiro atoms. The lowest BCUT2D eigenvalue weighted by Gasteiger charge is -2.36. The number of sulfonamides is 1. The van der Waals surface area contributed by atoms with Gasteiger partial charge in [-0.1, -0.05) is 6.42 Å². The summed E-state index contributed by atoms with van der Waals surface area (Å²) < 4.78 is 26.3. The molecule has 0 radical (unpaired) electrons. The molecule has 7 heteroatoms. The van der Waals surface area contributed by atoms with Gasteiger partial charge in [-0.3, -0.25) is 0 Å². The van der Waals surface area contributed by atoms with Crippen molar-refractivity contribution in [3.05, 3.63) is 18.3 Å². The van der Waals surface area contributed by atoms with E-state index >= 15 is 0 Å². The molecule has 100 valence electrons. The number of hydrogen-bond acceptors (Lipinski definition) is 5. The highest BCUT2D eigenvalue weighted by Crippen LogP contribution is 2.30. The normalized spacial score (nSPS) is 16.8. The maximum Gasteiger partial charge on any atom is 0.247 e. The summed E-state index contributed by atoms with van der Waals surface area (Å²) in [6, 6.07) is 2.96. The molecule has 6 nitrogen and oxygen atoms in total. The summed E-state index contributed by atoms with van der Waals surface area (Å²) in [5.74, 6) is -0.000219. The zero-order chi connectivity index (χ0) is 13.2. The molecular formula is C11H17N3O3S. The molecule has 0 saturated heterocycles. The van der Waals surface area contributed by atoms with Crippen LogP contribution in [0.2, 0.25) is 0 Å². The van der Waals surface area contributed by atoms with Crippen molar-refractivity contribution < 1.29 is 13.5 Å². The predicted molar refractivity (Wildman–Crippen MR) is 67.3 cm³/mol. The van der Waals surface area contributed by atoms with Crippen LogP contribution in [0, 0.1) is 0 Å². The van der Waals surface area contributed by atoms with Crippen LogP contribution in [0.25, 0.3) is 0 Å². The second-order valence-electron chi connectivity index (χ2n) is 4.31. The molecule has 2 rings (SSSR count). The number of pyridine rings is 1. The quantitative estimate of drug-likeness (QED) is 0.797. The van der Waals surface area contributed by atoms with E-state index in [-0.39, 0.29) is 29.9 Å². The third-order valence-corrected chi connectivity index (χ3v) is 5.19. The van der Waals surface area contributed by atoms with Gasteiger partial charge in [0.15, 0.2) is 0 Å². The molecule has 18 heavy (non-hydrogen) atoms. The lowest BCUT2D eigenvalue weighted by Crippen LogP contribution is -2.45. The van der Waals surface area contributed by atoms with Crippen LogP contribution in [0.15, 0.2) is 23.2 Å². The van der Waals surface area contributed by atoms with E-state index in [1.807, 2.05) is 0 Å². The Morgan fingerprint density at radius 2 is 2.22 bits per heavy atom. The zero-order valence-electron chi connectivity index (χ0n) is 9.99. The standard InChI is InChI=1S/C11H17N3O3S/c12-11-10(5-2-6-13-11)18(16,17)14(7-8-15)9-3-1-4-9/h2,5-6,9,15H,1,3-4,7-8H2,(H2,12,13). The number of aliphatic hydroxyl groups is 1. The Balaban J connectivity index is 2.36. The number of rotatable bonds is 5. The lowest BCUT2D eigenvalue weighted by atomic mass is 9.93. The van der Waals surface area contributed by atoms with Crippen LogP contribution in [0.1, 0.15) is 19.3 Å². The van der Waals surface area contributed by atoms with Crippen molar-refractivity contribution in [1.29, 1.82) is 0 Å². The van der Waals surface area contributed by atoms with Crippen molar-refractivity contribution in [2.24, 2.45) is 0 Å². The van der Waals surface area contributed by atoms with E-state index in [0.717, 1.165) is 19.3 Å². The molecule has 1 fully saturated rings. The smallest absolute Gasteiger partial charge is 0.247 e. The summed E-state index contributed by atoms with van der Waals surface area (Å²) in [5.41, 5.74) is 5.62. The van der Waals surface area contributed by atoms with Crippen LogP contribution in [0.4, 0.5) is 5.82 Å². The van der Waals surface area contributed by atoms with Crippen LogP contribution < -0.4 is 5.73 Å². The molecule has 1 aliphatic carbocycles. The van der Waals surface area contributed by atoms with E-state index in [9.17, 15) is 8.42 Å². The second kappa shape index (κ2) is 5.21. The molecule has 0 aliphatic heterocycles. The van der Waals surface area contributed by atoms with Gasteiger partial charge in [0.2, 0.25) is 10.0 Å². The SMILES string of the molecule is Nc1ncccc1S(=O)(=O)N(CCO)C1CCC1. The van der Waals surface area contributed by atoms with Gasteiger partial charge >= 0.3 is 0 Å². The summed E-state index contributed by atoms with van der Waals surface area (Å²) in [5, 5.41) is 9.03. The van der Waals surface area contributed by atoms with E-state index in [4.69, 9.17) is 10.8 Å². The Morgan fingerprint density at radius 3 is 2.72 bits per heavy atom. The summed E-state index contributed by atoms with van der Waals surface area (Å²) in [4.78, 5) is 3.82. The van der Waals surface area contributed by atoms with Crippen molar-refractivity contribution in [2.45, 2.75) is 30.2 Å². The predicted octanol–water partition coefficient (Wildman–Crippen LogP) is 0.199. The monoisotopic (exact) mass is 271 g/mol. The van der Waals surface area contributed by atoms with E-state index in [1.54, 1.807) is 6.07 Å². The van der Waals surface area contributed by atoms with Crippen molar-refractivity contribution in [3.8, 4) is 0 Å². The molecule has 0 amide bonds. The molecule has 3 N–H and O–H groups in total. The fourth-order valence-electron chi connectivity index (χ4n) is 2.02. The van der Waals surface area contributed by atoms with Gasteiger partial charge in [-0.15, -0.1) is 0 Å². The van der Waals surface area contributed by atoms with Crippen LogP contribution in [-0.2, 0) is 10.0 Å². The lowest BCUT2D eigenvalue weighted by molar-refractivity contribution is 0.178. The van der Waals surface area contributed by atoms with Crippen LogP contribution >= 0.6 is 0 Å². The number of nitrogens with two attached hydrogens (primary N) is 1. The van der Waals surface area contributed by atoms with Gasteiger partial charge in [0.05, 0.1) is 6.61 Å². The topological polar surface area (TPSA) is 96.5 Å². The Kier molecular flexibility index (Phi) is 3.84. The fraction of sp³-hybridized carbons (Fsp3) is 0.545. The summed E-state index contributed by atoms with van der Waals surface area (Å²) >= 11 is 0. The first-order valence-electron chi connectivity index (χ1n) is 5.90. The Morgan fingerprint density at radius 1 is 1.50 bits per heavy atom. The van der Waals surface area contributed by atoms with Crippen molar-refractivity contribution in [1.82, 2.24) is 9.29 Å². The number of nitrogens with zero attached hydrogens (tertiary/aromatic N) is 2.